The summed E-state index contributed by atoms with van der Waals surface area (Å²) in [6, 6.07) is 6.51. The molecule has 21 heavy (non-hydrogen) atoms. The van der Waals surface area contributed by atoms with Crippen LogP contribution in [0, 0.1) is 10.1 Å². The highest BCUT2D eigenvalue weighted by Gasteiger charge is 2.19. The molecule has 8 heteroatoms. The average molecular weight is 290 g/mol. The smallest absolute Gasteiger partial charge is 0.406 e. The van der Waals surface area contributed by atoms with Crippen molar-refractivity contribution in [1.29, 1.82) is 0 Å². The summed E-state index contributed by atoms with van der Waals surface area (Å²) in [5.41, 5.74) is 1.17. The molecule has 8 nitrogen and oxygen atoms in total. The Balaban J connectivity index is 1.97. The monoisotopic (exact) mass is 290 g/mol. The van der Waals surface area contributed by atoms with E-state index in [4.69, 9.17) is 5.11 Å². The lowest BCUT2D eigenvalue weighted by Crippen LogP contribution is -2.09. The molecule has 0 aliphatic heterocycles. The zero-order chi connectivity index (χ0) is 15.4. The van der Waals surface area contributed by atoms with Crippen molar-refractivity contribution in [1.82, 2.24) is 9.55 Å². The number of aromatic nitrogens is 2. The second-order valence-corrected chi connectivity index (χ2v) is 4.46. The second-order valence-electron chi connectivity index (χ2n) is 4.46. The molecule has 0 spiro atoms. The van der Waals surface area contributed by atoms with Gasteiger partial charge in [-0.2, -0.15) is 0 Å². The molecule has 1 heterocycles. The van der Waals surface area contributed by atoms with E-state index in [0.717, 1.165) is 5.56 Å². The molecule has 0 unspecified atom stereocenters. The van der Waals surface area contributed by atoms with Gasteiger partial charge in [0.05, 0.1) is 5.56 Å². The van der Waals surface area contributed by atoms with E-state index in [1.165, 1.54) is 18.5 Å². The molecule has 0 aliphatic rings. The van der Waals surface area contributed by atoms with Crippen molar-refractivity contribution < 1.29 is 14.8 Å². The van der Waals surface area contributed by atoms with Gasteiger partial charge >= 0.3 is 11.8 Å². The number of benzene rings is 1. The molecule has 0 radical (unpaired) electrons. The Morgan fingerprint density at radius 3 is 2.67 bits per heavy atom. The summed E-state index contributed by atoms with van der Waals surface area (Å²) < 4.78 is 1.55. The number of anilines is 1. The van der Waals surface area contributed by atoms with E-state index in [1.54, 1.807) is 23.7 Å². The summed E-state index contributed by atoms with van der Waals surface area (Å²) in [5, 5.41) is 22.6. The fourth-order valence-electron chi connectivity index (χ4n) is 1.89. The van der Waals surface area contributed by atoms with Crippen molar-refractivity contribution >= 4 is 17.6 Å². The van der Waals surface area contributed by atoms with Gasteiger partial charge in [0.15, 0.2) is 0 Å². The third-order valence-corrected chi connectivity index (χ3v) is 3.00. The lowest BCUT2D eigenvalue weighted by atomic mass is 10.1. The summed E-state index contributed by atoms with van der Waals surface area (Å²) in [6.07, 6.45) is 1.99. The number of hydrogen-bond donors (Lipinski definition) is 2. The van der Waals surface area contributed by atoms with E-state index in [0.29, 0.717) is 18.8 Å². The van der Waals surface area contributed by atoms with Crippen LogP contribution >= 0.6 is 0 Å². The minimum Gasteiger partial charge on any atom is -0.478 e. The fraction of sp³-hybridized carbons (Fsp3) is 0.231. The van der Waals surface area contributed by atoms with Crippen molar-refractivity contribution in [3.63, 3.8) is 0 Å². The van der Waals surface area contributed by atoms with E-state index < -0.39 is 10.9 Å². The zero-order valence-electron chi connectivity index (χ0n) is 11.3. The van der Waals surface area contributed by atoms with Crippen LogP contribution in [0.2, 0.25) is 0 Å². The predicted octanol–water partition coefficient (Wildman–Crippen LogP) is 1.68. The minimum absolute atomic E-state index is 0.210. The van der Waals surface area contributed by atoms with Crippen LogP contribution in [-0.2, 0) is 13.5 Å². The molecule has 2 N–H and O–H groups in total. The van der Waals surface area contributed by atoms with E-state index in [1.807, 2.05) is 0 Å². The Hall–Kier alpha value is -2.90. The number of aryl methyl sites for hydroxylation is 1. The Morgan fingerprint density at radius 1 is 1.43 bits per heavy atom. The normalized spacial score (nSPS) is 10.3. The van der Waals surface area contributed by atoms with Crippen LogP contribution in [0.25, 0.3) is 0 Å². The number of carbonyl (C=O) groups is 1. The molecule has 0 fully saturated rings. The van der Waals surface area contributed by atoms with Gasteiger partial charge in [0.25, 0.3) is 0 Å². The van der Waals surface area contributed by atoms with Gasteiger partial charge in [0, 0.05) is 13.6 Å². The molecule has 0 saturated heterocycles. The lowest BCUT2D eigenvalue weighted by Gasteiger charge is -2.06. The molecular formula is C13H14N4O4. The van der Waals surface area contributed by atoms with Crippen LogP contribution in [0.15, 0.2) is 30.6 Å². The van der Waals surface area contributed by atoms with Crippen LogP contribution < -0.4 is 5.32 Å². The maximum absolute atomic E-state index is 10.8. The van der Waals surface area contributed by atoms with Gasteiger partial charge in [0.1, 0.15) is 0 Å². The van der Waals surface area contributed by atoms with Crippen molar-refractivity contribution in [3.05, 3.63) is 51.8 Å². The van der Waals surface area contributed by atoms with Gasteiger partial charge in [-0.25, -0.2) is 4.79 Å². The number of carboxylic acid groups (broad SMARTS) is 1. The van der Waals surface area contributed by atoms with Gasteiger partial charge in [-0.05, 0) is 34.0 Å². The van der Waals surface area contributed by atoms with Gasteiger partial charge in [-0.1, -0.05) is 12.1 Å². The third-order valence-electron chi connectivity index (χ3n) is 3.00. The van der Waals surface area contributed by atoms with Crippen molar-refractivity contribution in [2.24, 2.45) is 7.05 Å². The van der Waals surface area contributed by atoms with Crippen LogP contribution in [-0.4, -0.2) is 32.1 Å². The number of nitro groups is 1. The third kappa shape index (κ3) is 3.35. The summed E-state index contributed by atoms with van der Waals surface area (Å²) in [5.74, 6) is -0.828. The van der Waals surface area contributed by atoms with Crippen molar-refractivity contribution in [2.75, 3.05) is 11.9 Å². The summed E-state index contributed by atoms with van der Waals surface area (Å²) in [6.45, 7) is 0.479. The second kappa shape index (κ2) is 6.04. The highest BCUT2D eigenvalue weighted by atomic mass is 16.6. The quantitative estimate of drug-likeness (QED) is 0.618. The number of nitrogens with zero attached hydrogens (tertiary/aromatic N) is 3. The van der Waals surface area contributed by atoms with Crippen molar-refractivity contribution in [3.8, 4) is 0 Å². The topological polar surface area (TPSA) is 110 Å². The summed E-state index contributed by atoms with van der Waals surface area (Å²) >= 11 is 0. The SMILES string of the molecule is Cn1cnc([N+](=O)[O-])c1NCCc1ccc(C(=O)O)cc1. The maximum Gasteiger partial charge on any atom is 0.406 e. The van der Waals surface area contributed by atoms with Crippen LogP contribution in [0.1, 0.15) is 15.9 Å². The number of imidazole rings is 1. The fourth-order valence-corrected chi connectivity index (χ4v) is 1.89. The van der Waals surface area contributed by atoms with Crippen LogP contribution in [0.4, 0.5) is 11.6 Å². The largest absolute Gasteiger partial charge is 0.478 e. The molecular weight excluding hydrogens is 276 g/mol. The Kier molecular flexibility index (Phi) is 4.17. The molecule has 2 aromatic rings. The molecule has 1 aromatic heterocycles. The van der Waals surface area contributed by atoms with Crippen LogP contribution in [0.5, 0.6) is 0 Å². The number of rotatable bonds is 6. The molecule has 0 saturated carbocycles. The Morgan fingerprint density at radius 2 is 2.10 bits per heavy atom. The first-order valence-electron chi connectivity index (χ1n) is 6.21. The van der Waals surface area contributed by atoms with Gasteiger partial charge in [-0.15, -0.1) is 0 Å². The van der Waals surface area contributed by atoms with Gasteiger partial charge in [0.2, 0.25) is 12.1 Å². The molecule has 0 atom stereocenters. The van der Waals surface area contributed by atoms with Crippen molar-refractivity contribution in [2.45, 2.75) is 6.42 Å². The highest BCUT2D eigenvalue weighted by molar-refractivity contribution is 5.87. The predicted molar refractivity (Wildman–Crippen MR) is 75.5 cm³/mol. The van der Waals surface area contributed by atoms with Gasteiger partial charge in [-0.3, -0.25) is 4.57 Å². The number of nitrogens with one attached hydrogen (secondary N) is 1. The summed E-state index contributed by atoms with van der Waals surface area (Å²) in [7, 11) is 1.67. The Labute approximate surface area is 120 Å². The Bertz CT molecular complexity index is 663. The number of aromatic carboxylic acids is 1. The molecule has 1 aromatic carbocycles. The average Bonchev–Trinajstić information content (AvgIpc) is 2.81. The van der Waals surface area contributed by atoms with E-state index in [2.05, 4.69) is 10.3 Å². The standard InChI is InChI=1S/C13H14N4O4/c1-16-8-15-12(17(20)21)11(16)14-7-6-9-2-4-10(5-3-9)13(18)19/h2-5,8,14H,6-7H2,1H3,(H,18,19). The minimum atomic E-state index is -0.967. The molecule has 0 amide bonds. The van der Waals surface area contributed by atoms with E-state index >= 15 is 0 Å². The highest BCUT2D eigenvalue weighted by Crippen LogP contribution is 2.20. The molecule has 0 aliphatic carbocycles. The lowest BCUT2D eigenvalue weighted by molar-refractivity contribution is -0.388. The van der Waals surface area contributed by atoms with Crippen LogP contribution in [0.3, 0.4) is 0 Å². The molecule has 0 bridgehead atoms. The molecule has 2 rings (SSSR count). The summed E-state index contributed by atoms with van der Waals surface area (Å²) in [4.78, 5) is 24.7. The van der Waals surface area contributed by atoms with E-state index in [9.17, 15) is 14.9 Å². The molecule has 110 valence electrons. The first kappa shape index (κ1) is 14.5. The first-order valence-corrected chi connectivity index (χ1v) is 6.21. The number of carboxylic acids is 1. The van der Waals surface area contributed by atoms with Gasteiger partial charge < -0.3 is 20.5 Å². The maximum atomic E-state index is 10.8. The van der Waals surface area contributed by atoms with E-state index in [-0.39, 0.29) is 11.4 Å². The first-order chi connectivity index (χ1) is 9.99. The number of hydrogen-bond acceptors (Lipinski definition) is 5. The zero-order valence-corrected chi connectivity index (χ0v) is 11.3.